The molecule has 1 aliphatic rings. The van der Waals surface area contributed by atoms with E-state index in [2.05, 4.69) is 27.2 Å². The van der Waals surface area contributed by atoms with E-state index in [4.69, 9.17) is 20.9 Å². The number of benzene rings is 1. The van der Waals surface area contributed by atoms with Crippen molar-refractivity contribution in [3.05, 3.63) is 35.7 Å². The van der Waals surface area contributed by atoms with Gasteiger partial charge in [0.2, 0.25) is 0 Å². The van der Waals surface area contributed by atoms with Crippen molar-refractivity contribution in [2.24, 2.45) is 0 Å². The van der Waals surface area contributed by atoms with Crippen molar-refractivity contribution in [1.82, 2.24) is 15.0 Å². The summed E-state index contributed by atoms with van der Waals surface area (Å²) < 4.78 is 10.5. The minimum absolute atomic E-state index is 0.263. The van der Waals surface area contributed by atoms with Crippen LogP contribution in [-0.2, 0) is 17.2 Å². The van der Waals surface area contributed by atoms with Crippen molar-refractivity contribution in [3.63, 3.8) is 0 Å². The highest BCUT2D eigenvalue weighted by molar-refractivity contribution is 6.16. The van der Waals surface area contributed by atoms with Crippen molar-refractivity contribution in [1.29, 1.82) is 0 Å². The third-order valence-corrected chi connectivity index (χ3v) is 3.54. The van der Waals surface area contributed by atoms with Gasteiger partial charge in [0.15, 0.2) is 5.82 Å². The maximum atomic E-state index is 5.66. The topological polar surface area (TPSA) is 51.4 Å². The minimum atomic E-state index is 0.263. The van der Waals surface area contributed by atoms with Crippen molar-refractivity contribution in [2.75, 3.05) is 26.3 Å². The zero-order valence-electron chi connectivity index (χ0n) is 11.1. The van der Waals surface area contributed by atoms with Crippen LogP contribution in [-0.4, -0.2) is 41.3 Å². The molecular formula is C14H16ClN3O2. The smallest absolute Gasteiger partial charge is 0.257 e. The first kappa shape index (κ1) is 13.5. The summed E-state index contributed by atoms with van der Waals surface area (Å²) in [6.45, 7) is 4.57. The first-order chi connectivity index (χ1) is 9.85. The number of halogens is 1. The van der Waals surface area contributed by atoms with E-state index in [-0.39, 0.29) is 5.88 Å². The minimum Gasteiger partial charge on any atom is -0.379 e. The Bertz CT molecular complexity index is 550. The maximum Gasteiger partial charge on any atom is 0.257 e. The molecule has 5 nitrogen and oxygen atoms in total. The first-order valence-electron chi connectivity index (χ1n) is 6.63. The van der Waals surface area contributed by atoms with Gasteiger partial charge in [0, 0.05) is 25.2 Å². The summed E-state index contributed by atoms with van der Waals surface area (Å²) in [6.07, 6.45) is 0. The molecule has 1 fully saturated rings. The van der Waals surface area contributed by atoms with Crippen LogP contribution in [0.4, 0.5) is 0 Å². The van der Waals surface area contributed by atoms with Gasteiger partial charge in [-0.3, -0.25) is 4.90 Å². The largest absolute Gasteiger partial charge is 0.379 e. The number of morpholine rings is 1. The Morgan fingerprint density at radius 2 is 1.90 bits per heavy atom. The van der Waals surface area contributed by atoms with Crippen LogP contribution in [0.25, 0.3) is 11.5 Å². The van der Waals surface area contributed by atoms with E-state index in [9.17, 15) is 0 Å². The molecule has 2 heterocycles. The third-order valence-electron chi connectivity index (χ3n) is 3.30. The van der Waals surface area contributed by atoms with Crippen LogP contribution < -0.4 is 0 Å². The van der Waals surface area contributed by atoms with Crippen molar-refractivity contribution < 1.29 is 9.26 Å². The lowest BCUT2D eigenvalue weighted by Gasteiger charge is -2.26. The molecule has 1 aliphatic heterocycles. The lowest BCUT2D eigenvalue weighted by molar-refractivity contribution is 0.0342. The number of ether oxygens (including phenoxy) is 1. The summed E-state index contributed by atoms with van der Waals surface area (Å²) in [6, 6.07) is 8.19. The zero-order chi connectivity index (χ0) is 13.8. The van der Waals surface area contributed by atoms with Crippen LogP contribution in [0.3, 0.4) is 0 Å². The number of alkyl halides is 1. The second-order valence-electron chi connectivity index (χ2n) is 4.73. The molecule has 0 saturated carbocycles. The molecule has 0 aliphatic carbocycles. The van der Waals surface area contributed by atoms with Gasteiger partial charge in [-0.15, -0.1) is 11.6 Å². The van der Waals surface area contributed by atoms with Crippen molar-refractivity contribution in [2.45, 2.75) is 12.4 Å². The second kappa shape index (κ2) is 6.35. The SMILES string of the molecule is ClCc1noc(-c2ccc(CN3CCOCC3)cc2)n1. The number of hydrogen-bond acceptors (Lipinski definition) is 5. The first-order valence-corrected chi connectivity index (χ1v) is 7.16. The van der Waals surface area contributed by atoms with Crippen LogP contribution in [0.2, 0.25) is 0 Å². The van der Waals surface area contributed by atoms with Crippen LogP contribution in [0.15, 0.2) is 28.8 Å². The molecule has 0 radical (unpaired) electrons. The lowest BCUT2D eigenvalue weighted by Crippen LogP contribution is -2.35. The number of rotatable bonds is 4. The fraction of sp³-hybridized carbons (Fsp3) is 0.429. The lowest BCUT2D eigenvalue weighted by atomic mass is 10.1. The quantitative estimate of drug-likeness (QED) is 0.810. The summed E-state index contributed by atoms with van der Waals surface area (Å²) in [4.78, 5) is 6.59. The van der Waals surface area contributed by atoms with E-state index >= 15 is 0 Å². The summed E-state index contributed by atoms with van der Waals surface area (Å²) in [5.41, 5.74) is 2.19. The normalized spacial score (nSPS) is 16.4. The molecule has 1 saturated heterocycles. The van der Waals surface area contributed by atoms with Gasteiger partial charge in [-0.2, -0.15) is 4.98 Å². The highest BCUT2D eigenvalue weighted by atomic mass is 35.5. The van der Waals surface area contributed by atoms with Crippen LogP contribution in [0, 0.1) is 0 Å². The van der Waals surface area contributed by atoms with Gasteiger partial charge in [-0.1, -0.05) is 17.3 Å². The Morgan fingerprint density at radius 1 is 1.15 bits per heavy atom. The van der Waals surface area contributed by atoms with E-state index in [1.165, 1.54) is 5.56 Å². The third kappa shape index (κ3) is 3.17. The molecule has 2 aromatic rings. The number of nitrogens with zero attached hydrogens (tertiary/aromatic N) is 3. The Morgan fingerprint density at radius 3 is 2.55 bits per heavy atom. The predicted molar refractivity (Wildman–Crippen MR) is 75.4 cm³/mol. The van der Waals surface area contributed by atoms with E-state index in [0.29, 0.717) is 11.7 Å². The Labute approximate surface area is 122 Å². The molecule has 20 heavy (non-hydrogen) atoms. The van der Waals surface area contributed by atoms with Gasteiger partial charge in [0.1, 0.15) is 0 Å². The fourth-order valence-corrected chi connectivity index (χ4v) is 2.30. The highest BCUT2D eigenvalue weighted by Crippen LogP contribution is 2.19. The van der Waals surface area contributed by atoms with Crippen molar-refractivity contribution >= 4 is 11.6 Å². The molecule has 1 aromatic heterocycles. The number of hydrogen-bond donors (Lipinski definition) is 0. The molecule has 106 valence electrons. The molecule has 3 rings (SSSR count). The molecule has 0 bridgehead atoms. The number of aromatic nitrogens is 2. The predicted octanol–water partition coefficient (Wildman–Crippen LogP) is 2.31. The Hall–Kier alpha value is -1.43. The molecule has 0 unspecified atom stereocenters. The molecule has 0 spiro atoms. The van der Waals surface area contributed by atoms with Gasteiger partial charge >= 0.3 is 0 Å². The van der Waals surface area contributed by atoms with Gasteiger partial charge in [0.05, 0.1) is 19.1 Å². The van der Waals surface area contributed by atoms with Gasteiger partial charge in [-0.05, 0) is 17.7 Å². The van der Waals surface area contributed by atoms with Gasteiger partial charge in [0.25, 0.3) is 5.89 Å². The van der Waals surface area contributed by atoms with Crippen molar-refractivity contribution in [3.8, 4) is 11.5 Å². The van der Waals surface area contributed by atoms with E-state index in [1.54, 1.807) is 0 Å². The average molecular weight is 294 g/mol. The fourth-order valence-electron chi connectivity index (χ4n) is 2.20. The van der Waals surface area contributed by atoms with Crippen LogP contribution >= 0.6 is 11.6 Å². The van der Waals surface area contributed by atoms with Gasteiger partial charge in [-0.25, -0.2) is 0 Å². The van der Waals surface area contributed by atoms with Crippen LogP contribution in [0.1, 0.15) is 11.4 Å². The Kier molecular flexibility index (Phi) is 4.30. The second-order valence-corrected chi connectivity index (χ2v) is 5.00. The highest BCUT2D eigenvalue weighted by Gasteiger charge is 2.11. The van der Waals surface area contributed by atoms with Gasteiger partial charge < -0.3 is 9.26 Å². The van der Waals surface area contributed by atoms with E-state index in [0.717, 1.165) is 38.4 Å². The Balaban J connectivity index is 1.67. The molecule has 1 aromatic carbocycles. The van der Waals surface area contributed by atoms with E-state index < -0.39 is 0 Å². The zero-order valence-corrected chi connectivity index (χ0v) is 11.8. The summed E-state index contributed by atoms with van der Waals surface area (Å²) in [5.74, 6) is 1.29. The molecular weight excluding hydrogens is 278 g/mol. The maximum absolute atomic E-state index is 5.66. The van der Waals surface area contributed by atoms with Crippen LogP contribution in [0.5, 0.6) is 0 Å². The monoisotopic (exact) mass is 293 g/mol. The summed E-state index contributed by atoms with van der Waals surface area (Å²) in [7, 11) is 0. The summed E-state index contributed by atoms with van der Waals surface area (Å²) >= 11 is 5.66. The average Bonchev–Trinajstić information content (AvgIpc) is 2.98. The van der Waals surface area contributed by atoms with E-state index in [1.807, 2.05) is 12.1 Å². The molecule has 6 heteroatoms. The molecule has 0 amide bonds. The molecule has 0 atom stereocenters. The molecule has 0 N–H and O–H groups in total. The standard InChI is InChI=1S/C14H16ClN3O2/c15-9-13-16-14(20-17-13)12-3-1-11(2-4-12)10-18-5-7-19-8-6-18/h1-4H,5-10H2. The summed E-state index contributed by atoms with van der Waals surface area (Å²) in [5, 5.41) is 3.79.